The smallest absolute Gasteiger partial charge is 0.131 e. The number of aromatic amines is 1. The first-order valence-corrected chi connectivity index (χ1v) is 5.70. The molecule has 0 aliphatic carbocycles. The maximum Gasteiger partial charge on any atom is 0.131 e. The summed E-state index contributed by atoms with van der Waals surface area (Å²) in [6.45, 7) is 2.01. The number of fused-ring (bicyclic) bond motifs is 1. The van der Waals surface area contributed by atoms with Crippen molar-refractivity contribution in [2.24, 2.45) is 0 Å². The topological polar surface area (TPSA) is 63.9 Å². The van der Waals surface area contributed by atoms with E-state index in [0.717, 1.165) is 28.0 Å². The Bertz CT molecular complexity index is 709. The second-order valence-corrected chi connectivity index (χ2v) is 4.19. The molecule has 0 fully saturated rings. The Hall–Kier alpha value is -2.20. The molecule has 0 bridgehead atoms. The van der Waals surface area contributed by atoms with Gasteiger partial charge in [-0.05, 0) is 31.2 Å². The normalized spacial score (nSPS) is 10.2. The van der Waals surface area contributed by atoms with Gasteiger partial charge in [0.1, 0.15) is 11.5 Å². The van der Waals surface area contributed by atoms with Gasteiger partial charge < -0.3 is 10.5 Å². The van der Waals surface area contributed by atoms with Gasteiger partial charge in [0, 0.05) is 22.7 Å². The van der Waals surface area contributed by atoms with Gasteiger partial charge in [-0.15, -0.1) is 12.4 Å². The van der Waals surface area contributed by atoms with E-state index in [4.69, 9.17) is 10.5 Å². The fourth-order valence-electron chi connectivity index (χ4n) is 1.95. The molecule has 0 aliphatic rings. The first-order valence-electron chi connectivity index (χ1n) is 5.70. The van der Waals surface area contributed by atoms with Crippen LogP contribution in [0.4, 0.5) is 5.69 Å². The molecule has 0 atom stereocenters. The van der Waals surface area contributed by atoms with E-state index < -0.39 is 0 Å². The molecule has 0 amide bonds. The van der Waals surface area contributed by atoms with Crippen molar-refractivity contribution in [1.29, 1.82) is 0 Å². The highest BCUT2D eigenvalue weighted by atomic mass is 35.5. The maximum absolute atomic E-state index is 5.85. The zero-order valence-electron chi connectivity index (χ0n) is 10.4. The number of aromatic nitrogens is 2. The number of H-pyrrole nitrogens is 1. The number of nitrogens with two attached hydrogens (primary N) is 1. The molecule has 2 aromatic carbocycles. The monoisotopic (exact) mass is 275 g/mol. The van der Waals surface area contributed by atoms with Gasteiger partial charge in [0.2, 0.25) is 0 Å². The zero-order valence-corrected chi connectivity index (χ0v) is 11.2. The quantitative estimate of drug-likeness (QED) is 0.702. The molecule has 0 radical (unpaired) electrons. The van der Waals surface area contributed by atoms with Crippen LogP contribution in [0.2, 0.25) is 0 Å². The molecule has 3 N–H and O–H groups in total. The zero-order chi connectivity index (χ0) is 12.5. The number of halogens is 1. The van der Waals surface area contributed by atoms with Crippen LogP contribution >= 0.6 is 12.4 Å². The third-order valence-corrected chi connectivity index (χ3v) is 2.93. The molecule has 0 aliphatic heterocycles. The van der Waals surface area contributed by atoms with Crippen LogP contribution in [0, 0.1) is 6.92 Å². The Labute approximate surface area is 117 Å². The van der Waals surface area contributed by atoms with Crippen molar-refractivity contribution in [3.05, 3.63) is 48.2 Å². The van der Waals surface area contributed by atoms with Crippen LogP contribution in [0.25, 0.3) is 10.9 Å². The molecular formula is C14H14ClN3O. The van der Waals surface area contributed by atoms with Crippen molar-refractivity contribution in [3.8, 4) is 11.5 Å². The lowest BCUT2D eigenvalue weighted by molar-refractivity contribution is 0.480. The fraction of sp³-hybridized carbons (Fsp3) is 0.0714. The number of benzene rings is 2. The third-order valence-electron chi connectivity index (χ3n) is 2.93. The number of aryl methyl sites for hydroxylation is 1. The summed E-state index contributed by atoms with van der Waals surface area (Å²) in [4.78, 5) is 0. The van der Waals surface area contributed by atoms with Crippen LogP contribution < -0.4 is 10.5 Å². The van der Waals surface area contributed by atoms with Gasteiger partial charge in [0.25, 0.3) is 0 Å². The van der Waals surface area contributed by atoms with Gasteiger partial charge in [-0.3, -0.25) is 5.10 Å². The van der Waals surface area contributed by atoms with Crippen LogP contribution in [-0.4, -0.2) is 10.2 Å². The predicted molar refractivity (Wildman–Crippen MR) is 79.0 cm³/mol. The molecule has 3 rings (SSSR count). The Balaban J connectivity index is 0.00000133. The number of anilines is 1. The highest BCUT2D eigenvalue weighted by molar-refractivity contribution is 5.85. The molecule has 4 nitrogen and oxygen atoms in total. The number of nitrogens with zero attached hydrogens (tertiary/aromatic N) is 1. The number of nitrogens with one attached hydrogen (secondary N) is 1. The largest absolute Gasteiger partial charge is 0.457 e. The van der Waals surface area contributed by atoms with Gasteiger partial charge in [0.05, 0.1) is 11.7 Å². The molecule has 0 unspecified atom stereocenters. The number of rotatable bonds is 2. The summed E-state index contributed by atoms with van der Waals surface area (Å²) in [5, 5.41) is 8.02. The van der Waals surface area contributed by atoms with Gasteiger partial charge in [0.15, 0.2) is 0 Å². The Morgan fingerprint density at radius 1 is 1.21 bits per heavy atom. The van der Waals surface area contributed by atoms with Crippen molar-refractivity contribution in [2.75, 3.05) is 5.73 Å². The standard InChI is InChI=1S/C14H13N3O.ClH/c1-9-12-8-16-17-13(12)5-6-14(9)18-11-4-2-3-10(15)7-11;/h2-8H,15H2,1H3,(H,16,17);1H. The lowest BCUT2D eigenvalue weighted by atomic mass is 10.1. The summed E-state index contributed by atoms with van der Waals surface area (Å²) in [5.41, 5.74) is 8.48. The van der Waals surface area contributed by atoms with Gasteiger partial charge in [-0.1, -0.05) is 6.07 Å². The van der Waals surface area contributed by atoms with Crippen LogP contribution in [0.1, 0.15) is 5.56 Å². The van der Waals surface area contributed by atoms with E-state index in [2.05, 4.69) is 10.2 Å². The van der Waals surface area contributed by atoms with E-state index in [0.29, 0.717) is 5.69 Å². The first kappa shape index (κ1) is 13.2. The summed E-state index contributed by atoms with van der Waals surface area (Å²) in [7, 11) is 0. The lowest BCUT2D eigenvalue weighted by Gasteiger charge is -2.09. The second-order valence-electron chi connectivity index (χ2n) is 4.19. The average Bonchev–Trinajstić information content (AvgIpc) is 2.82. The number of hydrogen-bond donors (Lipinski definition) is 2. The van der Waals surface area contributed by atoms with Crippen molar-refractivity contribution in [3.63, 3.8) is 0 Å². The molecular weight excluding hydrogens is 262 g/mol. The van der Waals surface area contributed by atoms with Crippen LogP contribution in [0.5, 0.6) is 11.5 Å². The molecule has 1 aromatic heterocycles. The minimum atomic E-state index is 0. The Kier molecular flexibility index (Phi) is 3.62. The molecule has 0 spiro atoms. The third kappa shape index (κ3) is 2.48. The molecule has 19 heavy (non-hydrogen) atoms. The van der Waals surface area contributed by atoms with Gasteiger partial charge in [-0.2, -0.15) is 5.10 Å². The van der Waals surface area contributed by atoms with E-state index in [9.17, 15) is 0 Å². The molecule has 98 valence electrons. The minimum absolute atomic E-state index is 0. The van der Waals surface area contributed by atoms with E-state index in [-0.39, 0.29) is 12.4 Å². The minimum Gasteiger partial charge on any atom is -0.457 e. The predicted octanol–water partition coefficient (Wildman–Crippen LogP) is 3.67. The van der Waals surface area contributed by atoms with E-state index in [1.165, 1.54) is 0 Å². The van der Waals surface area contributed by atoms with Crippen molar-refractivity contribution in [1.82, 2.24) is 10.2 Å². The Morgan fingerprint density at radius 2 is 2.05 bits per heavy atom. The van der Waals surface area contributed by atoms with Crippen LogP contribution in [0.3, 0.4) is 0 Å². The SMILES string of the molecule is Cc1c(Oc2cccc(N)c2)ccc2[nH]ncc12.Cl. The summed E-state index contributed by atoms with van der Waals surface area (Å²) in [6, 6.07) is 11.3. The molecule has 3 aromatic rings. The Morgan fingerprint density at radius 3 is 2.84 bits per heavy atom. The van der Waals surface area contributed by atoms with Gasteiger partial charge >= 0.3 is 0 Å². The van der Waals surface area contributed by atoms with Crippen molar-refractivity contribution in [2.45, 2.75) is 6.92 Å². The fourth-order valence-corrected chi connectivity index (χ4v) is 1.95. The van der Waals surface area contributed by atoms with Crippen LogP contribution in [-0.2, 0) is 0 Å². The van der Waals surface area contributed by atoms with Crippen molar-refractivity contribution >= 4 is 29.0 Å². The highest BCUT2D eigenvalue weighted by Gasteiger charge is 2.07. The van der Waals surface area contributed by atoms with E-state index in [1.807, 2.05) is 37.3 Å². The number of nitrogen functional groups attached to an aromatic ring is 1. The first-order chi connectivity index (χ1) is 8.74. The van der Waals surface area contributed by atoms with E-state index in [1.54, 1.807) is 12.3 Å². The average molecular weight is 276 g/mol. The molecule has 0 saturated heterocycles. The second kappa shape index (κ2) is 5.20. The molecule has 1 heterocycles. The maximum atomic E-state index is 5.85. The summed E-state index contributed by atoms with van der Waals surface area (Å²) in [6.07, 6.45) is 1.80. The summed E-state index contributed by atoms with van der Waals surface area (Å²) in [5.74, 6) is 1.55. The molecule has 5 heteroatoms. The van der Waals surface area contributed by atoms with E-state index >= 15 is 0 Å². The van der Waals surface area contributed by atoms with Gasteiger partial charge in [-0.25, -0.2) is 0 Å². The highest BCUT2D eigenvalue weighted by Crippen LogP contribution is 2.30. The van der Waals surface area contributed by atoms with Crippen molar-refractivity contribution < 1.29 is 4.74 Å². The number of ether oxygens (including phenoxy) is 1. The molecule has 0 saturated carbocycles. The lowest BCUT2D eigenvalue weighted by Crippen LogP contribution is -1.90. The number of hydrogen-bond acceptors (Lipinski definition) is 3. The summed E-state index contributed by atoms with van der Waals surface area (Å²) < 4.78 is 5.85. The van der Waals surface area contributed by atoms with Crippen LogP contribution in [0.15, 0.2) is 42.6 Å². The summed E-state index contributed by atoms with van der Waals surface area (Å²) >= 11 is 0.